The van der Waals surface area contributed by atoms with Crippen molar-refractivity contribution >= 4 is 11.4 Å². The second-order valence-corrected chi connectivity index (χ2v) is 4.22. The van der Waals surface area contributed by atoms with Crippen molar-refractivity contribution in [3.8, 4) is 6.07 Å². The predicted octanol–water partition coefficient (Wildman–Crippen LogP) is 2.99. The molecule has 18 heavy (non-hydrogen) atoms. The number of hydrogen-bond donors (Lipinski definition) is 1. The maximum Gasteiger partial charge on any atom is 0.270 e. The molecule has 0 heterocycles. The van der Waals surface area contributed by atoms with Gasteiger partial charge >= 0.3 is 0 Å². The number of hydrogen-bond acceptors (Lipinski definition) is 4. The zero-order chi connectivity index (χ0) is 13.0. The number of rotatable bonds is 3. The van der Waals surface area contributed by atoms with Gasteiger partial charge < -0.3 is 5.32 Å². The van der Waals surface area contributed by atoms with Crippen LogP contribution in [0, 0.1) is 21.4 Å². The maximum absolute atomic E-state index is 10.6. The van der Waals surface area contributed by atoms with Crippen molar-refractivity contribution in [2.45, 2.75) is 25.3 Å². The number of allylic oxidation sites excluding steroid dienone is 1. The third kappa shape index (κ3) is 2.66. The van der Waals surface area contributed by atoms with Crippen LogP contribution >= 0.6 is 0 Å². The van der Waals surface area contributed by atoms with E-state index in [1.165, 1.54) is 12.1 Å². The largest absolute Gasteiger partial charge is 0.381 e. The van der Waals surface area contributed by atoms with E-state index in [4.69, 9.17) is 5.26 Å². The van der Waals surface area contributed by atoms with Crippen LogP contribution in [0.15, 0.2) is 30.4 Å². The molecule has 0 aromatic heterocycles. The van der Waals surface area contributed by atoms with Crippen LogP contribution in [0.4, 0.5) is 11.4 Å². The highest BCUT2D eigenvalue weighted by atomic mass is 16.6. The lowest BCUT2D eigenvalue weighted by atomic mass is 10.0. The molecule has 1 aliphatic rings. The molecule has 5 heteroatoms. The highest BCUT2D eigenvalue weighted by molar-refractivity contribution is 5.61. The smallest absolute Gasteiger partial charge is 0.270 e. The van der Waals surface area contributed by atoms with Crippen LogP contribution in [-0.4, -0.2) is 11.0 Å². The van der Waals surface area contributed by atoms with Gasteiger partial charge in [-0.15, -0.1) is 0 Å². The van der Waals surface area contributed by atoms with E-state index in [-0.39, 0.29) is 5.69 Å². The molecule has 0 spiro atoms. The summed E-state index contributed by atoms with van der Waals surface area (Å²) in [4.78, 5) is 10.1. The molecule has 2 rings (SSSR count). The lowest BCUT2D eigenvalue weighted by molar-refractivity contribution is -0.384. The highest BCUT2D eigenvalue weighted by Crippen LogP contribution is 2.24. The quantitative estimate of drug-likeness (QED) is 0.502. The zero-order valence-corrected chi connectivity index (χ0v) is 9.80. The molecule has 0 saturated heterocycles. The van der Waals surface area contributed by atoms with E-state index in [1.54, 1.807) is 6.07 Å². The topological polar surface area (TPSA) is 79.0 Å². The van der Waals surface area contributed by atoms with Gasteiger partial charge in [0.2, 0.25) is 0 Å². The molecule has 0 amide bonds. The molecule has 1 aromatic carbocycles. The van der Waals surface area contributed by atoms with Crippen LogP contribution in [0.3, 0.4) is 0 Å². The number of nitriles is 1. The van der Waals surface area contributed by atoms with Gasteiger partial charge in [0.15, 0.2) is 0 Å². The molecule has 5 nitrogen and oxygen atoms in total. The van der Waals surface area contributed by atoms with E-state index in [9.17, 15) is 10.1 Å². The molecular weight excluding hydrogens is 230 g/mol. The molecule has 1 aliphatic carbocycles. The molecule has 0 aliphatic heterocycles. The van der Waals surface area contributed by atoms with Crippen molar-refractivity contribution in [3.63, 3.8) is 0 Å². The van der Waals surface area contributed by atoms with E-state index < -0.39 is 4.92 Å². The molecule has 0 bridgehead atoms. The van der Waals surface area contributed by atoms with Gasteiger partial charge in [0.05, 0.1) is 16.2 Å². The minimum Gasteiger partial charge on any atom is -0.381 e. The average molecular weight is 243 g/mol. The van der Waals surface area contributed by atoms with Gasteiger partial charge in [-0.1, -0.05) is 12.2 Å². The van der Waals surface area contributed by atoms with Crippen LogP contribution in [-0.2, 0) is 0 Å². The number of anilines is 1. The third-order valence-corrected chi connectivity index (χ3v) is 2.96. The Kier molecular flexibility index (Phi) is 3.58. The lowest BCUT2D eigenvalue weighted by Gasteiger charge is -2.21. The summed E-state index contributed by atoms with van der Waals surface area (Å²) in [5.74, 6) is 0. The number of nitro benzene ring substituents is 1. The Morgan fingerprint density at radius 3 is 2.89 bits per heavy atom. The SMILES string of the molecule is N#Cc1cc([N+](=O)[O-])ccc1NC1CC=CCC1. The number of nitrogens with one attached hydrogen (secondary N) is 1. The van der Waals surface area contributed by atoms with Crippen molar-refractivity contribution in [3.05, 3.63) is 46.0 Å². The van der Waals surface area contributed by atoms with Gasteiger partial charge in [-0.2, -0.15) is 5.26 Å². The minimum absolute atomic E-state index is 0.0550. The Labute approximate surface area is 105 Å². The molecule has 0 saturated carbocycles. The number of benzene rings is 1. The highest BCUT2D eigenvalue weighted by Gasteiger charge is 2.14. The fourth-order valence-corrected chi connectivity index (χ4v) is 2.01. The van der Waals surface area contributed by atoms with Crippen molar-refractivity contribution in [1.82, 2.24) is 0 Å². The van der Waals surface area contributed by atoms with E-state index in [1.807, 2.05) is 6.07 Å². The van der Waals surface area contributed by atoms with Gasteiger partial charge in [-0.3, -0.25) is 10.1 Å². The third-order valence-electron chi connectivity index (χ3n) is 2.96. The van der Waals surface area contributed by atoms with Gasteiger partial charge in [-0.25, -0.2) is 0 Å². The van der Waals surface area contributed by atoms with Crippen LogP contribution in [0.25, 0.3) is 0 Å². The summed E-state index contributed by atoms with van der Waals surface area (Å²) in [6, 6.07) is 6.62. The first-order chi connectivity index (χ1) is 8.70. The molecule has 1 N–H and O–H groups in total. The zero-order valence-electron chi connectivity index (χ0n) is 9.80. The number of nitro groups is 1. The molecule has 0 fully saturated rings. The lowest BCUT2D eigenvalue weighted by Crippen LogP contribution is -2.20. The molecular formula is C13H13N3O2. The van der Waals surface area contributed by atoms with Crippen LogP contribution in [0.2, 0.25) is 0 Å². The molecule has 1 aromatic rings. The van der Waals surface area contributed by atoms with Gasteiger partial charge in [0, 0.05) is 18.2 Å². The average Bonchev–Trinajstić information content (AvgIpc) is 2.40. The van der Waals surface area contributed by atoms with Crippen molar-refractivity contribution in [1.29, 1.82) is 5.26 Å². The van der Waals surface area contributed by atoms with E-state index in [0.717, 1.165) is 19.3 Å². The standard InChI is InChI=1S/C13H13N3O2/c14-9-10-8-12(16(17)18)6-7-13(10)15-11-4-2-1-3-5-11/h1-2,6-8,11,15H,3-5H2. The summed E-state index contributed by atoms with van der Waals surface area (Å²) >= 11 is 0. The fraction of sp³-hybridized carbons (Fsp3) is 0.308. The van der Waals surface area contributed by atoms with Crippen molar-refractivity contribution in [2.75, 3.05) is 5.32 Å². The summed E-state index contributed by atoms with van der Waals surface area (Å²) in [7, 11) is 0. The Hall–Kier alpha value is -2.35. The summed E-state index contributed by atoms with van der Waals surface area (Å²) < 4.78 is 0. The maximum atomic E-state index is 10.6. The molecule has 92 valence electrons. The first-order valence-corrected chi connectivity index (χ1v) is 5.81. The Morgan fingerprint density at radius 1 is 1.44 bits per heavy atom. The fourth-order valence-electron chi connectivity index (χ4n) is 2.01. The number of nitrogens with zero attached hydrogens (tertiary/aromatic N) is 2. The van der Waals surface area contributed by atoms with Gasteiger partial charge in [0.1, 0.15) is 6.07 Å². The van der Waals surface area contributed by atoms with Gasteiger partial charge in [0.25, 0.3) is 5.69 Å². The second kappa shape index (κ2) is 5.32. The summed E-state index contributed by atoms with van der Waals surface area (Å²) in [5.41, 5.74) is 0.933. The molecule has 0 radical (unpaired) electrons. The normalized spacial score (nSPS) is 18.1. The van der Waals surface area contributed by atoms with Crippen LogP contribution < -0.4 is 5.32 Å². The van der Waals surface area contributed by atoms with E-state index in [0.29, 0.717) is 17.3 Å². The second-order valence-electron chi connectivity index (χ2n) is 4.22. The Balaban J connectivity index is 2.20. The summed E-state index contributed by atoms with van der Waals surface area (Å²) in [5, 5.41) is 22.9. The Morgan fingerprint density at radius 2 is 2.28 bits per heavy atom. The van der Waals surface area contributed by atoms with E-state index in [2.05, 4.69) is 17.5 Å². The van der Waals surface area contributed by atoms with E-state index >= 15 is 0 Å². The number of non-ortho nitro benzene ring substituents is 1. The molecule has 1 atom stereocenters. The first kappa shape index (κ1) is 12.1. The predicted molar refractivity (Wildman–Crippen MR) is 68.2 cm³/mol. The molecule has 1 unspecified atom stereocenters. The summed E-state index contributed by atoms with van der Waals surface area (Å²) in [6.45, 7) is 0. The van der Waals surface area contributed by atoms with Gasteiger partial charge in [-0.05, 0) is 25.3 Å². The van der Waals surface area contributed by atoms with Crippen molar-refractivity contribution in [2.24, 2.45) is 0 Å². The van der Waals surface area contributed by atoms with Crippen LogP contribution in [0.5, 0.6) is 0 Å². The van der Waals surface area contributed by atoms with Crippen LogP contribution in [0.1, 0.15) is 24.8 Å². The van der Waals surface area contributed by atoms with Crippen molar-refractivity contribution < 1.29 is 4.92 Å². The minimum atomic E-state index is -0.492. The monoisotopic (exact) mass is 243 g/mol. The first-order valence-electron chi connectivity index (χ1n) is 5.81. The summed E-state index contributed by atoms with van der Waals surface area (Å²) in [6.07, 6.45) is 7.20. The Bertz CT molecular complexity index is 532.